The normalized spacial score (nSPS) is 11.5. The number of azide groups is 1. The molecule has 3 aromatic carbocycles. The number of benzene rings is 3. The van der Waals surface area contributed by atoms with Crippen molar-refractivity contribution in [3.8, 4) is 11.1 Å². The second kappa shape index (κ2) is 6.61. The summed E-state index contributed by atoms with van der Waals surface area (Å²) < 4.78 is 0. The van der Waals surface area contributed by atoms with Gasteiger partial charge in [-0.2, -0.15) is 0 Å². The third-order valence-corrected chi connectivity index (χ3v) is 3.62. The van der Waals surface area contributed by atoms with Gasteiger partial charge in [-0.25, -0.2) is 0 Å². The maximum atomic E-state index is 8.85. The number of hydrogen-bond acceptors (Lipinski definition) is 1. The molecule has 0 aliphatic rings. The van der Waals surface area contributed by atoms with Crippen molar-refractivity contribution in [3.05, 3.63) is 106 Å². The maximum absolute atomic E-state index is 8.85. The van der Waals surface area contributed by atoms with E-state index in [0.717, 1.165) is 16.7 Å². The Balaban J connectivity index is 1.95. The molecule has 0 bridgehead atoms. The summed E-state index contributed by atoms with van der Waals surface area (Å²) in [6.07, 6.45) is 0. The van der Waals surface area contributed by atoms with Gasteiger partial charge in [-0.3, -0.25) is 0 Å². The molecule has 0 heterocycles. The first-order chi connectivity index (χ1) is 10.9. The minimum Gasteiger partial charge on any atom is -0.0812 e. The lowest BCUT2D eigenvalue weighted by atomic mass is 9.97. The lowest BCUT2D eigenvalue weighted by Gasteiger charge is -2.12. The lowest BCUT2D eigenvalue weighted by Crippen LogP contribution is -1.96. The van der Waals surface area contributed by atoms with Gasteiger partial charge < -0.3 is 0 Å². The van der Waals surface area contributed by atoms with E-state index in [1.54, 1.807) is 0 Å². The van der Waals surface area contributed by atoms with Crippen molar-refractivity contribution < 1.29 is 0 Å². The van der Waals surface area contributed by atoms with E-state index in [2.05, 4.69) is 34.3 Å². The molecule has 22 heavy (non-hydrogen) atoms. The molecule has 0 radical (unpaired) electrons. The smallest absolute Gasteiger partial charge is 0.0812 e. The Labute approximate surface area is 129 Å². The molecule has 0 saturated heterocycles. The largest absolute Gasteiger partial charge is 0.0876 e. The Hall–Kier alpha value is -3.03. The minimum atomic E-state index is -0.295. The lowest BCUT2D eigenvalue weighted by molar-refractivity contribution is 0.859. The molecule has 3 nitrogen and oxygen atoms in total. The van der Waals surface area contributed by atoms with E-state index in [1.165, 1.54) is 5.56 Å². The Bertz CT molecular complexity index is 774. The van der Waals surface area contributed by atoms with E-state index in [9.17, 15) is 0 Å². The molecule has 0 spiro atoms. The summed E-state index contributed by atoms with van der Waals surface area (Å²) in [6, 6.07) is 27.9. The van der Waals surface area contributed by atoms with Gasteiger partial charge in [0.25, 0.3) is 0 Å². The van der Waals surface area contributed by atoms with Gasteiger partial charge >= 0.3 is 0 Å². The average Bonchev–Trinajstić information content (AvgIpc) is 2.61. The van der Waals surface area contributed by atoms with Crippen LogP contribution in [0.3, 0.4) is 0 Å². The van der Waals surface area contributed by atoms with Crippen LogP contribution < -0.4 is 0 Å². The number of hydrogen-bond donors (Lipinski definition) is 0. The van der Waals surface area contributed by atoms with Crippen LogP contribution >= 0.6 is 0 Å². The predicted octanol–water partition coefficient (Wildman–Crippen LogP) is 5.75. The highest BCUT2D eigenvalue weighted by Gasteiger charge is 2.11. The van der Waals surface area contributed by atoms with Crippen LogP contribution in [0.5, 0.6) is 0 Å². The molecule has 3 aromatic rings. The first-order valence-corrected chi connectivity index (χ1v) is 7.13. The monoisotopic (exact) mass is 285 g/mol. The average molecular weight is 285 g/mol. The highest BCUT2D eigenvalue weighted by Crippen LogP contribution is 2.28. The third-order valence-electron chi connectivity index (χ3n) is 3.62. The zero-order valence-corrected chi connectivity index (χ0v) is 12.0. The molecular formula is C19H15N3. The molecule has 0 aromatic heterocycles. The molecule has 0 amide bonds. The van der Waals surface area contributed by atoms with Crippen molar-refractivity contribution in [1.82, 2.24) is 0 Å². The standard InChI is InChI=1S/C19H15N3/c20-22-21-19(17-9-5-2-6-10-17)18-13-11-16(12-14-18)15-7-3-1-4-8-15/h1-14,19H/t19-/m1/s1. The Morgan fingerprint density at radius 2 is 1.14 bits per heavy atom. The number of nitrogens with zero attached hydrogens (tertiary/aromatic N) is 3. The van der Waals surface area contributed by atoms with Gasteiger partial charge in [0.2, 0.25) is 0 Å². The summed E-state index contributed by atoms with van der Waals surface area (Å²) in [5.74, 6) is 0. The van der Waals surface area contributed by atoms with Crippen molar-refractivity contribution in [2.45, 2.75) is 6.04 Å². The zero-order chi connectivity index (χ0) is 15.2. The fourth-order valence-electron chi connectivity index (χ4n) is 2.50. The van der Waals surface area contributed by atoms with Crippen LogP contribution in [0.1, 0.15) is 17.2 Å². The molecule has 0 fully saturated rings. The fourth-order valence-corrected chi connectivity index (χ4v) is 2.50. The van der Waals surface area contributed by atoms with E-state index >= 15 is 0 Å². The minimum absolute atomic E-state index is 0.295. The summed E-state index contributed by atoms with van der Waals surface area (Å²) in [7, 11) is 0. The quantitative estimate of drug-likeness (QED) is 0.333. The first-order valence-electron chi connectivity index (χ1n) is 7.13. The molecule has 3 heteroatoms. The second-order valence-electron chi connectivity index (χ2n) is 5.01. The molecule has 3 rings (SSSR count). The summed E-state index contributed by atoms with van der Waals surface area (Å²) in [5, 5.41) is 3.95. The second-order valence-corrected chi connectivity index (χ2v) is 5.01. The highest BCUT2D eigenvalue weighted by atomic mass is 15.1. The van der Waals surface area contributed by atoms with Gasteiger partial charge in [-0.15, -0.1) is 0 Å². The SMILES string of the molecule is [N-]=[N+]=N[C@H](c1ccccc1)c1ccc(-c2ccccc2)cc1. The fraction of sp³-hybridized carbons (Fsp3) is 0.0526. The summed E-state index contributed by atoms with van der Waals surface area (Å²) in [6.45, 7) is 0. The predicted molar refractivity (Wildman–Crippen MR) is 89.3 cm³/mol. The topological polar surface area (TPSA) is 48.8 Å². The van der Waals surface area contributed by atoms with Crippen molar-refractivity contribution >= 4 is 0 Å². The Morgan fingerprint density at radius 3 is 1.73 bits per heavy atom. The van der Waals surface area contributed by atoms with E-state index in [4.69, 9.17) is 5.53 Å². The molecule has 0 unspecified atom stereocenters. The van der Waals surface area contributed by atoms with E-state index < -0.39 is 0 Å². The van der Waals surface area contributed by atoms with E-state index in [0.29, 0.717) is 0 Å². The summed E-state index contributed by atoms with van der Waals surface area (Å²) in [5.41, 5.74) is 13.2. The van der Waals surface area contributed by atoms with Gasteiger partial charge in [0, 0.05) is 4.91 Å². The molecule has 0 aliphatic heterocycles. The van der Waals surface area contributed by atoms with Crippen LogP contribution in [0, 0.1) is 0 Å². The van der Waals surface area contributed by atoms with Crippen LogP contribution in [0.2, 0.25) is 0 Å². The molecule has 0 N–H and O–H groups in total. The van der Waals surface area contributed by atoms with Crippen molar-refractivity contribution in [2.24, 2.45) is 5.11 Å². The molecule has 1 atom stereocenters. The highest BCUT2D eigenvalue weighted by molar-refractivity contribution is 5.63. The molecule has 0 aliphatic carbocycles. The van der Waals surface area contributed by atoms with Gasteiger partial charge in [0.15, 0.2) is 0 Å². The van der Waals surface area contributed by atoms with Gasteiger partial charge in [0.1, 0.15) is 0 Å². The summed E-state index contributed by atoms with van der Waals surface area (Å²) in [4.78, 5) is 2.99. The van der Waals surface area contributed by atoms with Crippen LogP contribution in [0.15, 0.2) is 90.0 Å². The van der Waals surface area contributed by atoms with Crippen LogP contribution in [-0.4, -0.2) is 0 Å². The van der Waals surface area contributed by atoms with Crippen molar-refractivity contribution in [3.63, 3.8) is 0 Å². The first kappa shape index (κ1) is 13.9. The summed E-state index contributed by atoms with van der Waals surface area (Å²) >= 11 is 0. The van der Waals surface area contributed by atoms with Crippen LogP contribution in [-0.2, 0) is 0 Å². The van der Waals surface area contributed by atoms with Gasteiger partial charge in [0.05, 0.1) is 6.04 Å². The van der Waals surface area contributed by atoms with E-state index in [-0.39, 0.29) is 6.04 Å². The third kappa shape index (κ3) is 3.00. The van der Waals surface area contributed by atoms with Gasteiger partial charge in [-0.05, 0) is 27.8 Å². The Morgan fingerprint density at radius 1 is 0.636 bits per heavy atom. The molecule has 0 saturated carbocycles. The molecule has 106 valence electrons. The maximum Gasteiger partial charge on any atom is 0.0876 e. The van der Waals surface area contributed by atoms with Crippen molar-refractivity contribution in [2.75, 3.05) is 0 Å². The van der Waals surface area contributed by atoms with Crippen molar-refractivity contribution in [1.29, 1.82) is 0 Å². The Kier molecular flexibility index (Phi) is 4.19. The van der Waals surface area contributed by atoms with Gasteiger partial charge in [-0.1, -0.05) is 90.0 Å². The van der Waals surface area contributed by atoms with Crippen LogP contribution in [0.4, 0.5) is 0 Å². The molecular weight excluding hydrogens is 270 g/mol. The zero-order valence-electron chi connectivity index (χ0n) is 12.0. The number of rotatable bonds is 4. The van der Waals surface area contributed by atoms with E-state index in [1.807, 2.05) is 60.7 Å². The van der Waals surface area contributed by atoms with Crippen LogP contribution in [0.25, 0.3) is 21.6 Å².